The number of aryl methyl sites for hydroxylation is 2. The van der Waals surface area contributed by atoms with Crippen molar-refractivity contribution in [3.05, 3.63) is 53.1 Å². The third kappa shape index (κ3) is 6.96. The molecule has 2 rings (SSSR count). The van der Waals surface area contributed by atoms with Gasteiger partial charge in [-0.25, -0.2) is 4.99 Å². The van der Waals surface area contributed by atoms with Gasteiger partial charge in [-0.3, -0.25) is 0 Å². The number of hydrogen-bond donors (Lipinski definition) is 1. The Bertz CT molecular complexity index is 810. The number of anilines is 1. The first-order chi connectivity index (χ1) is 12.7. The molecule has 0 amide bonds. The highest BCUT2D eigenvalue weighted by atomic mass is 35.5. The van der Waals surface area contributed by atoms with Crippen LogP contribution >= 0.6 is 12.4 Å². The quantitative estimate of drug-likeness (QED) is 0.455. The summed E-state index contributed by atoms with van der Waals surface area (Å²) in [6, 6.07) is 10.0. The van der Waals surface area contributed by atoms with Gasteiger partial charge in [0.25, 0.3) is 0 Å². The van der Waals surface area contributed by atoms with Gasteiger partial charge in [-0.1, -0.05) is 18.2 Å². The maximum Gasteiger partial charge on any atom is 0.573 e. The molecule has 0 aromatic heterocycles. The Hall–Kier alpha value is -2.41. The van der Waals surface area contributed by atoms with Crippen LogP contribution in [-0.4, -0.2) is 31.2 Å². The van der Waals surface area contributed by atoms with E-state index < -0.39 is 6.36 Å². The molecule has 0 saturated heterocycles. The Balaban J connectivity index is 0.00000392. The van der Waals surface area contributed by atoms with Crippen molar-refractivity contribution >= 4 is 30.1 Å². The second-order valence-corrected chi connectivity index (χ2v) is 6.28. The second-order valence-electron chi connectivity index (χ2n) is 6.28. The molecule has 0 unspecified atom stereocenters. The number of nitrogens with one attached hydrogen (secondary N) is 1. The van der Waals surface area contributed by atoms with E-state index in [4.69, 9.17) is 0 Å². The highest BCUT2D eigenvalue weighted by molar-refractivity contribution is 5.85. The van der Waals surface area contributed by atoms with Crippen molar-refractivity contribution in [2.45, 2.75) is 33.7 Å². The van der Waals surface area contributed by atoms with Gasteiger partial charge >= 0.3 is 6.36 Å². The van der Waals surface area contributed by atoms with E-state index in [9.17, 15) is 13.2 Å². The van der Waals surface area contributed by atoms with Gasteiger partial charge in [0.05, 0.1) is 12.0 Å². The molecule has 0 atom stereocenters. The zero-order valence-corrected chi connectivity index (χ0v) is 17.1. The zero-order valence-electron chi connectivity index (χ0n) is 16.3. The SMILES string of the molecule is CCN(C)C=Nc1cc(C)c(NCc2ccccc2OC(F)(F)F)cc1C.Cl. The Labute approximate surface area is 169 Å². The third-order valence-corrected chi connectivity index (χ3v) is 4.10. The van der Waals surface area contributed by atoms with Gasteiger partial charge in [-0.2, -0.15) is 0 Å². The summed E-state index contributed by atoms with van der Waals surface area (Å²) in [6.07, 6.45) is -2.94. The van der Waals surface area contributed by atoms with Crippen molar-refractivity contribution in [1.29, 1.82) is 0 Å². The average Bonchev–Trinajstić information content (AvgIpc) is 2.60. The van der Waals surface area contributed by atoms with E-state index in [1.54, 1.807) is 18.5 Å². The van der Waals surface area contributed by atoms with Crippen LogP contribution in [-0.2, 0) is 6.54 Å². The van der Waals surface area contributed by atoms with Crippen LogP contribution in [0.3, 0.4) is 0 Å². The highest BCUT2D eigenvalue weighted by Gasteiger charge is 2.31. The molecule has 0 heterocycles. The van der Waals surface area contributed by atoms with Gasteiger partial charge < -0.3 is 15.0 Å². The third-order valence-electron chi connectivity index (χ3n) is 4.10. The Morgan fingerprint density at radius 3 is 2.46 bits per heavy atom. The van der Waals surface area contributed by atoms with Gasteiger partial charge in [-0.15, -0.1) is 25.6 Å². The smallest absolute Gasteiger partial charge is 0.405 e. The molecule has 2 aromatic rings. The lowest BCUT2D eigenvalue weighted by Crippen LogP contribution is -2.18. The molecule has 8 heteroatoms. The summed E-state index contributed by atoms with van der Waals surface area (Å²) < 4.78 is 41.7. The van der Waals surface area contributed by atoms with Crippen LogP contribution in [0, 0.1) is 13.8 Å². The molecule has 0 radical (unpaired) electrons. The van der Waals surface area contributed by atoms with Gasteiger partial charge in [-0.05, 0) is 50.1 Å². The maximum absolute atomic E-state index is 12.5. The number of para-hydroxylation sites is 1. The molecule has 4 nitrogen and oxygen atoms in total. The summed E-state index contributed by atoms with van der Waals surface area (Å²) in [4.78, 5) is 6.45. The summed E-state index contributed by atoms with van der Waals surface area (Å²) in [5.74, 6) is -0.198. The van der Waals surface area contributed by atoms with Gasteiger partial charge in [0, 0.05) is 31.4 Å². The number of halogens is 4. The molecule has 28 heavy (non-hydrogen) atoms. The van der Waals surface area contributed by atoms with Gasteiger partial charge in [0.1, 0.15) is 5.75 Å². The second kappa shape index (κ2) is 10.2. The molecule has 0 aliphatic carbocycles. The molecule has 2 aromatic carbocycles. The normalized spacial score (nSPS) is 11.2. The number of aliphatic imine (C=N–C) groups is 1. The highest BCUT2D eigenvalue weighted by Crippen LogP contribution is 2.29. The van der Waals surface area contributed by atoms with Crippen LogP contribution in [0.25, 0.3) is 0 Å². The Morgan fingerprint density at radius 1 is 1.14 bits per heavy atom. The molecular formula is C20H25ClF3N3O. The molecule has 0 aliphatic rings. The van der Waals surface area contributed by atoms with Crippen molar-refractivity contribution in [1.82, 2.24) is 4.90 Å². The molecule has 0 fully saturated rings. The van der Waals surface area contributed by atoms with E-state index >= 15 is 0 Å². The standard InChI is InChI=1S/C20H24F3N3O.ClH/c1-5-26(4)13-25-18-11-14(2)17(10-15(18)3)24-12-16-8-6-7-9-19(16)27-20(21,22)23;/h6-11,13,24H,5,12H2,1-4H3;1H. The fourth-order valence-electron chi connectivity index (χ4n) is 2.44. The fourth-order valence-corrected chi connectivity index (χ4v) is 2.44. The fraction of sp³-hybridized carbons (Fsp3) is 0.350. The topological polar surface area (TPSA) is 36.9 Å². The van der Waals surface area contributed by atoms with Crippen molar-refractivity contribution in [2.75, 3.05) is 18.9 Å². The van der Waals surface area contributed by atoms with E-state index in [2.05, 4.69) is 15.0 Å². The predicted octanol–water partition coefficient (Wildman–Crippen LogP) is 5.85. The van der Waals surface area contributed by atoms with Crippen molar-refractivity contribution in [2.24, 2.45) is 4.99 Å². The summed E-state index contributed by atoms with van der Waals surface area (Å²) >= 11 is 0. The molecule has 154 valence electrons. The minimum absolute atomic E-state index is 0. The molecule has 1 N–H and O–H groups in total. The van der Waals surface area contributed by atoms with Crippen molar-refractivity contribution < 1.29 is 17.9 Å². The van der Waals surface area contributed by atoms with Crippen LogP contribution in [0.5, 0.6) is 5.75 Å². The van der Waals surface area contributed by atoms with E-state index in [1.165, 1.54) is 12.1 Å². The lowest BCUT2D eigenvalue weighted by molar-refractivity contribution is -0.274. The lowest BCUT2D eigenvalue weighted by atomic mass is 10.1. The number of alkyl halides is 3. The summed E-state index contributed by atoms with van der Waals surface area (Å²) in [5, 5.41) is 3.19. The predicted molar refractivity (Wildman–Crippen MR) is 110 cm³/mol. The van der Waals surface area contributed by atoms with Crippen LogP contribution in [0.4, 0.5) is 24.5 Å². The van der Waals surface area contributed by atoms with Crippen molar-refractivity contribution in [3.63, 3.8) is 0 Å². The molecule has 0 bridgehead atoms. The number of nitrogens with zero attached hydrogens (tertiary/aromatic N) is 2. The monoisotopic (exact) mass is 415 g/mol. The molecule has 0 saturated carbocycles. The van der Waals surface area contributed by atoms with Crippen molar-refractivity contribution in [3.8, 4) is 5.75 Å². The minimum Gasteiger partial charge on any atom is -0.405 e. The minimum atomic E-state index is -4.71. The largest absolute Gasteiger partial charge is 0.573 e. The Morgan fingerprint density at radius 2 is 1.82 bits per heavy atom. The molecule has 0 aliphatic heterocycles. The first-order valence-electron chi connectivity index (χ1n) is 8.62. The first-order valence-corrected chi connectivity index (χ1v) is 8.62. The Kier molecular flexibility index (Phi) is 8.63. The molecule has 0 spiro atoms. The van der Waals surface area contributed by atoms with Crippen LogP contribution in [0.15, 0.2) is 41.4 Å². The van der Waals surface area contributed by atoms with E-state index in [0.29, 0.717) is 5.56 Å². The zero-order chi connectivity index (χ0) is 20.0. The van der Waals surface area contributed by atoms with E-state index in [-0.39, 0.29) is 24.7 Å². The maximum atomic E-state index is 12.5. The van der Waals surface area contributed by atoms with E-state index in [0.717, 1.165) is 29.0 Å². The van der Waals surface area contributed by atoms with Crippen LogP contribution in [0.1, 0.15) is 23.6 Å². The van der Waals surface area contributed by atoms with Crippen LogP contribution < -0.4 is 10.1 Å². The number of ether oxygens (including phenoxy) is 1. The average molecular weight is 416 g/mol. The number of rotatable bonds is 7. The van der Waals surface area contributed by atoms with Gasteiger partial charge in [0.15, 0.2) is 0 Å². The first kappa shape index (κ1) is 23.6. The summed E-state index contributed by atoms with van der Waals surface area (Å²) in [5.41, 5.74) is 4.07. The molecular weight excluding hydrogens is 391 g/mol. The van der Waals surface area contributed by atoms with E-state index in [1.807, 2.05) is 44.9 Å². The summed E-state index contributed by atoms with van der Waals surface area (Å²) in [6.45, 7) is 7.00. The number of benzene rings is 2. The lowest BCUT2D eigenvalue weighted by Gasteiger charge is -2.16. The summed E-state index contributed by atoms with van der Waals surface area (Å²) in [7, 11) is 1.95. The van der Waals surface area contributed by atoms with Crippen LogP contribution in [0.2, 0.25) is 0 Å². The number of hydrogen-bond acceptors (Lipinski definition) is 3. The van der Waals surface area contributed by atoms with Gasteiger partial charge in [0.2, 0.25) is 0 Å².